The molecule has 0 saturated carbocycles. The zero-order valence-corrected chi connectivity index (χ0v) is 16.9. The predicted molar refractivity (Wildman–Crippen MR) is 108 cm³/mol. The number of carbonyl (C=O) groups is 2. The number of nitrogens with one attached hydrogen (secondary N) is 1. The van der Waals surface area contributed by atoms with Gasteiger partial charge in [0.05, 0.1) is 12.7 Å². The van der Waals surface area contributed by atoms with Crippen molar-refractivity contribution in [2.24, 2.45) is 0 Å². The highest BCUT2D eigenvalue weighted by Crippen LogP contribution is 2.29. The molecule has 0 spiro atoms. The average Bonchev–Trinajstić information content (AvgIpc) is 3.09. The normalized spacial score (nSPS) is 13.3. The first kappa shape index (κ1) is 18.6. The lowest BCUT2D eigenvalue weighted by atomic mass is 10.0. The van der Waals surface area contributed by atoms with Crippen molar-refractivity contribution < 1.29 is 19.1 Å². The van der Waals surface area contributed by atoms with Crippen molar-refractivity contribution in [2.45, 2.75) is 13.0 Å². The number of aromatic amines is 1. The molecule has 2 aromatic carbocycles. The zero-order chi connectivity index (χ0) is 19.7. The van der Waals surface area contributed by atoms with E-state index in [0.717, 1.165) is 33.1 Å². The summed E-state index contributed by atoms with van der Waals surface area (Å²) < 4.78 is 11.4. The molecule has 1 N–H and O–H groups in total. The highest BCUT2D eigenvalue weighted by atomic mass is 79.9. The molecule has 1 aliphatic rings. The topological polar surface area (TPSA) is 71.6 Å². The van der Waals surface area contributed by atoms with Gasteiger partial charge in [0.1, 0.15) is 5.75 Å². The molecule has 1 aliphatic heterocycles. The maximum absolute atomic E-state index is 12.6. The second-order valence-electron chi connectivity index (χ2n) is 6.64. The van der Waals surface area contributed by atoms with Gasteiger partial charge in [0.25, 0.3) is 5.91 Å². The molecule has 0 atom stereocenters. The molecule has 0 aliphatic carbocycles. The van der Waals surface area contributed by atoms with Crippen molar-refractivity contribution in [1.82, 2.24) is 9.88 Å². The summed E-state index contributed by atoms with van der Waals surface area (Å²) in [5.74, 6) is 0.222. The number of nitrogens with zero attached hydrogens (tertiary/aromatic N) is 1. The third kappa shape index (κ3) is 3.62. The van der Waals surface area contributed by atoms with Crippen LogP contribution in [0, 0.1) is 0 Å². The summed E-state index contributed by atoms with van der Waals surface area (Å²) in [5.41, 5.74) is 3.61. The van der Waals surface area contributed by atoms with Crippen LogP contribution in [0.15, 0.2) is 46.9 Å². The Balaban J connectivity index is 1.50. The van der Waals surface area contributed by atoms with Crippen LogP contribution in [0.4, 0.5) is 0 Å². The summed E-state index contributed by atoms with van der Waals surface area (Å²) >= 11 is 3.38. The lowest BCUT2D eigenvalue weighted by molar-refractivity contribution is -0.134. The van der Waals surface area contributed by atoms with Crippen molar-refractivity contribution in [1.29, 1.82) is 0 Å². The van der Waals surface area contributed by atoms with Gasteiger partial charge in [0.15, 0.2) is 6.61 Å². The third-order valence-corrected chi connectivity index (χ3v) is 5.45. The highest BCUT2D eigenvalue weighted by molar-refractivity contribution is 9.10. The van der Waals surface area contributed by atoms with Gasteiger partial charge in [-0.2, -0.15) is 0 Å². The Labute approximate surface area is 170 Å². The highest BCUT2D eigenvalue weighted by Gasteiger charge is 2.25. The van der Waals surface area contributed by atoms with Crippen LogP contribution in [-0.4, -0.2) is 42.0 Å². The van der Waals surface area contributed by atoms with Crippen molar-refractivity contribution in [3.05, 3.63) is 63.8 Å². The molecular weight excluding hydrogens is 424 g/mol. The molecule has 0 radical (unpaired) electrons. The molecule has 4 rings (SSSR count). The van der Waals surface area contributed by atoms with Gasteiger partial charge in [-0.05, 0) is 42.5 Å². The molecule has 1 amide bonds. The Kier molecular flexibility index (Phi) is 5.09. The van der Waals surface area contributed by atoms with Gasteiger partial charge in [-0.15, -0.1) is 0 Å². The van der Waals surface area contributed by atoms with E-state index < -0.39 is 0 Å². The van der Waals surface area contributed by atoms with E-state index in [1.54, 1.807) is 11.0 Å². The van der Waals surface area contributed by atoms with Gasteiger partial charge in [-0.3, -0.25) is 4.79 Å². The quantitative estimate of drug-likeness (QED) is 0.625. The minimum absolute atomic E-state index is 0.00721. The van der Waals surface area contributed by atoms with E-state index >= 15 is 0 Å². The van der Waals surface area contributed by atoms with Crippen LogP contribution in [0.1, 0.15) is 21.6 Å². The Morgan fingerprint density at radius 2 is 1.96 bits per heavy atom. The lowest BCUT2D eigenvalue weighted by Crippen LogP contribution is -2.38. The fraction of sp³-hybridized carbons (Fsp3) is 0.238. The van der Waals surface area contributed by atoms with Crippen molar-refractivity contribution in [2.75, 3.05) is 20.3 Å². The molecule has 0 bridgehead atoms. The first-order chi connectivity index (χ1) is 13.5. The fourth-order valence-corrected chi connectivity index (χ4v) is 3.70. The molecular formula is C21H19BrN2O4. The number of benzene rings is 2. The van der Waals surface area contributed by atoms with E-state index in [-0.39, 0.29) is 18.5 Å². The van der Waals surface area contributed by atoms with E-state index in [2.05, 4.69) is 20.9 Å². The van der Waals surface area contributed by atoms with Gasteiger partial charge < -0.3 is 19.4 Å². The molecule has 2 heterocycles. The number of fused-ring (bicyclic) bond motifs is 3. The number of esters is 1. The molecule has 3 aromatic rings. The Morgan fingerprint density at radius 1 is 1.18 bits per heavy atom. The number of rotatable bonds is 4. The van der Waals surface area contributed by atoms with Crippen LogP contribution < -0.4 is 4.74 Å². The maximum atomic E-state index is 12.6. The van der Waals surface area contributed by atoms with Crippen LogP contribution in [-0.2, 0) is 22.5 Å². The number of aromatic nitrogens is 1. The molecule has 144 valence electrons. The number of ether oxygens (including phenoxy) is 2. The summed E-state index contributed by atoms with van der Waals surface area (Å²) in [7, 11) is 1.37. The largest absolute Gasteiger partial charge is 0.484 e. The summed E-state index contributed by atoms with van der Waals surface area (Å²) in [6, 6.07) is 12.8. The molecule has 0 fully saturated rings. The second kappa shape index (κ2) is 7.67. The monoisotopic (exact) mass is 442 g/mol. The zero-order valence-electron chi connectivity index (χ0n) is 15.3. The van der Waals surface area contributed by atoms with Gasteiger partial charge in [-0.25, -0.2) is 4.79 Å². The van der Waals surface area contributed by atoms with Crippen molar-refractivity contribution in [3.63, 3.8) is 0 Å². The van der Waals surface area contributed by atoms with Crippen LogP contribution in [0.5, 0.6) is 5.75 Å². The number of H-pyrrole nitrogens is 1. The summed E-state index contributed by atoms with van der Waals surface area (Å²) in [5, 5.41) is 0.948. The maximum Gasteiger partial charge on any atom is 0.337 e. The molecule has 7 heteroatoms. The average molecular weight is 443 g/mol. The standard InChI is InChI=1S/C21H19BrN2O4/c1-27-21(26)13-2-7-18-16(10-13)17-11-24(9-8-19(17)23-18)20(25)12-28-15-5-3-14(22)4-6-15/h2-7,10,23H,8-9,11-12H2,1H3. The minimum atomic E-state index is -0.372. The van der Waals surface area contributed by atoms with E-state index in [1.807, 2.05) is 36.4 Å². The van der Waals surface area contributed by atoms with Gasteiger partial charge in [0.2, 0.25) is 0 Å². The van der Waals surface area contributed by atoms with Crippen LogP contribution in [0.3, 0.4) is 0 Å². The molecule has 0 unspecified atom stereocenters. The number of methoxy groups -OCH3 is 1. The third-order valence-electron chi connectivity index (χ3n) is 4.92. The first-order valence-electron chi connectivity index (χ1n) is 8.93. The van der Waals surface area contributed by atoms with Crippen molar-refractivity contribution >= 4 is 38.7 Å². The smallest absolute Gasteiger partial charge is 0.337 e. The Bertz CT molecular complexity index is 1040. The van der Waals surface area contributed by atoms with E-state index in [4.69, 9.17) is 9.47 Å². The summed E-state index contributed by atoms with van der Waals surface area (Å²) in [4.78, 5) is 29.7. The second-order valence-corrected chi connectivity index (χ2v) is 7.56. The van der Waals surface area contributed by atoms with E-state index in [1.165, 1.54) is 7.11 Å². The molecule has 0 saturated heterocycles. The predicted octanol–water partition coefficient (Wildman–Crippen LogP) is 3.68. The summed E-state index contributed by atoms with van der Waals surface area (Å²) in [6.45, 7) is 1.11. The molecule has 1 aromatic heterocycles. The Hall–Kier alpha value is -2.80. The van der Waals surface area contributed by atoms with Crippen molar-refractivity contribution in [3.8, 4) is 5.75 Å². The number of halogens is 1. The van der Waals surface area contributed by atoms with Gasteiger partial charge in [-0.1, -0.05) is 15.9 Å². The minimum Gasteiger partial charge on any atom is -0.484 e. The molecule has 28 heavy (non-hydrogen) atoms. The Morgan fingerprint density at radius 3 is 2.71 bits per heavy atom. The van der Waals surface area contributed by atoms with Crippen LogP contribution in [0.25, 0.3) is 10.9 Å². The number of hydrogen-bond acceptors (Lipinski definition) is 4. The fourth-order valence-electron chi connectivity index (χ4n) is 3.44. The SMILES string of the molecule is COC(=O)c1ccc2[nH]c3c(c2c1)CN(C(=O)COc1ccc(Br)cc1)CC3. The number of carbonyl (C=O) groups excluding carboxylic acids is 2. The number of amides is 1. The van der Waals surface area contributed by atoms with Gasteiger partial charge >= 0.3 is 5.97 Å². The van der Waals surface area contributed by atoms with Gasteiger partial charge in [0, 0.05) is 46.1 Å². The first-order valence-corrected chi connectivity index (χ1v) is 9.72. The summed E-state index contributed by atoms with van der Waals surface area (Å²) in [6.07, 6.45) is 0.738. The molecule has 6 nitrogen and oxygen atoms in total. The lowest BCUT2D eigenvalue weighted by Gasteiger charge is -2.27. The van der Waals surface area contributed by atoms with E-state index in [0.29, 0.717) is 24.4 Å². The van der Waals surface area contributed by atoms with E-state index in [9.17, 15) is 9.59 Å². The number of hydrogen-bond donors (Lipinski definition) is 1. The van der Waals surface area contributed by atoms with Crippen LogP contribution in [0.2, 0.25) is 0 Å². The van der Waals surface area contributed by atoms with Crippen LogP contribution >= 0.6 is 15.9 Å².